The van der Waals surface area contributed by atoms with Crippen LogP contribution in [0.2, 0.25) is 0 Å². The van der Waals surface area contributed by atoms with Crippen LogP contribution in [0.3, 0.4) is 0 Å². The number of carbonyl (C=O) groups excluding carboxylic acids is 1. The monoisotopic (exact) mass is 295 g/mol. The molecule has 0 radical (unpaired) electrons. The topological polar surface area (TPSA) is 61.6 Å². The van der Waals surface area contributed by atoms with Crippen molar-refractivity contribution >= 4 is 5.97 Å². The molecule has 0 aromatic carbocycles. The van der Waals surface area contributed by atoms with Gasteiger partial charge in [0.2, 0.25) is 5.76 Å². The number of hydrogen-bond acceptors (Lipinski definition) is 5. The number of aromatic nitrogens is 1. The molecule has 1 rings (SSSR count). The molecule has 1 aromatic rings. The maximum absolute atomic E-state index is 12.8. The number of ether oxygens (including phenoxy) is 2. The lowest BCUT2D eigenvalue weighted by Gasteiger charge is -2.03. The Kier molecular flexibility index (Phi) is 6.00. The lowest BCUT2D eigenvalue weighted by molar-refractivity contribution is -0.141. The first-order chi connectivity index (χ1) is 9.40. The molecule has 1 heterocycles. The number of aryl methyl sites for hydroxylation is 1. The Balaban J connectivity index is 2.86. The molecule has 1 aromatic heterocycles. The fraction of sp³-hybridized carbons (Fsp3) is 0.667. The van der Waals surface area contributed by atoms with Gasteiger partial charge in [-0.25, -0.2) is 9.78 Å². The van der Waals surface area contributed by atoms with Gasteiger partial charge in [-0.15, -0.1) is 0 Å². The van der Waals surface area contributed by atoms with Crippen molar-refractivity contribution in [3.63, 3.8) is 0 Å². The summed E-state index contributed by atoms with van der Waals surface area (Å²) in [4.78, 5) is 14.8. The third-order valence-electron chi connectivity index (χ3n) is 2.28. The van der Waals surface area contributed by atoms with Gasteiger partial charge in [-0.05, 0) is 20.3 Å². The molecule has 0 spiro atoms. The minimum Gasteiger partial charge on any atom is -0.460 e. The van der Waals surface area contributed by atoms with Gasteiger partial charge in [-0.3, -0.25) is 0 Å². The number of halogens is 3. The van der Waals surface area contributed by atoms with E-state index in [4.69, 9.17) is 9.15 Å². The van der Waals surface area contributed by atoms with E-state index < -0.39 is 23.6 Å². The first-order valence-electron chi connectivity index (χ1n) is 6.21. The summed E-state index contributed by atoms with van der Waals surface area (Å²) >= 11 is 0. The predicted molar refractivity (Wildman–Crippen MR) is 62.3 cm³/mol. The van der Waals surface area contributed by atoms with Crippen LogP contribution in [0.5, 0.6) is 0 Å². The minimum absolute atomic E-state index is 0.0451. The number of rotatable bonds is 7. The molecular formula is C12H16F3NO4. The average molecular weight is 295 g/mol. The van der Waals surface area contributed by atoms with Crippen molar-refractivity contribution in [1.82, 2.24) is 4.98 Å². The Bertz CT molecular complexity index is 442. The van der Waals surface area contributed by atoms with E-state index in [0.717, 1.165) is 0 Å². The van der Waals surface area contributed by atoms with Crippen molar-refractivity contribution in [3.05, 3.63) is 17.3 Å². The summed E-state index contributed by atoms with van der Waals surface area (Å²) in [5.74, 6) is -2.21. The summed E-state index contributed by atoms with van der Waals surface area (Å²) in [6.45, 7) is 4.16. The van der Waals surface area contributed by atoms with Crippen molar-refractivity contribution < 1.29 is 31.9 Å². The highest BCUT2D eigenvalue weighted by atomic mass is 19.4. The van der Waals surface area contributed by atoms with E-state index in [0.29, 0.717) is 19.6 Å². The fourth-order valence-corrected chi connectivity index (χ4v) is 1.47. The lowest BCUT2D eigenvalue weighted by Crippen LogP contribution is -2.14. The van der Waals surface area contributed by atoms with Gasteiger partial charge in [-0.2, -0.15) is 13.2 Å². The SMILES string of the molecule is CCOCCCc1nc(C(F)(F)F)c(C(=O)OCC)o1. The van der Waals surface area contributed by atoms with Crippen LogP contribution in [0.4, 0.5) is 13.2 Å². The van der Waals surface area contributed by atoms with Gasteiger partial charge in [0.1, 0.15) is 0 Å². The zero-order chi connectivity index (χ0) is 15.2. The first kappa shape index (κ1) is 16.5. The molecule has 0 unspecified atom stereocenters. The van der Waals surface area contributed by atoms with Crippen molar-refractivity contribution in [1.29, 1.82) is 0 Å². The van der Waals surface area contributed by atoms with Crippen LogP contribution in [0.25, 0.3) is 0 Å². The van der Waals surface area contributed by atoms with Crippen LogP contribution in [0.1, 0.15) is 42.4 Å². The molecule has 0 aliphatic carbocycles. The van der Waals surface area contributed by atoms with Crippen LogP contribution in [0, 0.1) is 0 Å². The Morgan fingerprint density at radius 2 is 2.00 bits per heavy atom. The Morgan fingerprint density at radius 1 is 1.30 bits per heavy atom. The number of esters is 1. The van der Waals surface area contributed by atoms with Crippen LogP contribution in [-0.4, -0.2) is 30.8 Å². The number of carbonyl (C=O) groups is 1. The van der Waals surface area contributed by atoms with Crippen molar-refractivity contribution in [3.8, 4) is 0 Å². The third kappa shape index (κ3) is 4.52. The van der Waals surface area contributed by atoms with E-state index in [-0.39, 0.29) is 18.9 Å². The number of hydrogen-bond donors (Lipinski definition) is 0. The molecular weight excluding hydrogens is 279 g/mol. The van der Waals surface area contributed by atoms with Crippen LogP contribution >= 0.6 is 0 Å². The predicted octanol–water partition coefficient (Wildman–Crippen LogP) is 2.84. The second-order valence-corrected chi connectivity index (χ2v) is 3.80. The summed E-state index contributed by atoms with van der Waals surface area (Å²) in [6.07, 6.45) is -4.15. The van der Waals surface area contributed by atoms with E-state index in [9.17, 15) is 18.0 Å². The second kappa shape index (κ2) is 7.28. The fourth-order valence-electron chi connectivity index (χ4n) is 1.47. The molecule has 5 nitrogen and oxygen atoms in total. The molecule has 0 fully saturated rings. The van der Waals surface area contributed by atoms with Gasteiger partial charge in [0.05, 0.1) is 6.61 Å². The van der Waals surface area contributed by atoms with Crippen LogP contribution < -0.4 is 0 Å². The van der Waals surface area contributed by atoms with Gasteiger partial charge in [0.15, 0.2) is 11.6 Å². The molecule has 0 saturated carbocycles. The minimum atomic E-state index is -4.76. The number of alkyl halides is 3. The molecule has 8 heteroatoms. The summed E-state index contributed by atoms with van der Waals surface area (Å²) in [7, 11) is 0. The highest BCUT2D eigenvalue weighted by molar-refractivity contribution is 5.87. The summed E-state index contributed by atoms with van der Waals surface area (Å²) in [5.41, 5.74) is -1.35. The molecule has 0 atom stereocenters. The maximum Gasteiger partial charge on any atom is 0.437 e. The normalized spacial score (nSPS) is 11.7. The van der Waals surface area contributed by atoms with Crippen LogP contribution in [-0.2, 0) is 22.1 Å². The highest BCUT2D eigenvalue weighted by Gasteiger charge is 2.41. The molecule has 0 aliphatic rings. The molecule has 0 aliphatic heterocycles. The smallest absolute Gasteiger partial charge is 0.437 e. The van der Waals surface area contributed by atoms with Crippen molar-refractivity contribution in [2.24, 2.45) is 0 Å². The zero-order valence-electron chi connectivity index (χ0n) is 11.2. The third-order valence-corrected chi connectivity index (χ3v) is 2.28. The van der Waals surface area contributed by atoms with E-state index >= 15 is 0 Å². The van der Waals surface area contributed by atoms with E-state index in [1.807, 2.05) is 6.92 Å². The Labute approximate surface area is 114 Å². The van der Waals surface area contributed by atoms with E-state index in [1.165, 1.54) is 6.92 Å². The standard InChI is InChI=1S/C12H16F3NO4/c1-3-18-7-5-6-8-16-10(12(13,14)15)9(20-8)11(17)19-4-2/h3-7H2,1-2H3. The van der Waals surface area contributed by atoms with Gasteiger partial charge < -0.3 is 13.9 Å². The quantitative estimate of drug-likeness (QED) is 0.572. The van der Waals surface area contributed by atoms with Gasteiger partial charge in [0.25, 0.3) is 0 Å². The zero-order valence-corrected chi connectivity index (χ0v) is 11.2. The molecule has 0 amide bonds. The molecule has 114 valence electrons. The molecule has 20 heavy (non-hydrogen) atoms. The Morgan fingerprint density at radius 3 is 2.55 bits per heavy atom. The molecule has 0 N–H and O–H groups in total. The van der Waals surface area contributed by atoms with Crippen molar-refractivity contribution in [2.75, 3.05) is 19.8 Å². The lowest BCUT2D eigenvalue weighted by atomic mass is 10.3. The van der Waals surface area contributed by atoms with Crippen molar-refractivity contribution in [2.45, 2.75) is 32.9 Å². The van der Waals surface area contributed by atoms with Gasteiger partial charge >= 0.3 is 12.1 Å². The van der Waals surface area contributed by atoms with E-state index in [1.54, 1.807) is 0 Å². The van der Waals surface area contributed by atoms with E-state index in [2.05, 4.69) is 9.72 Å². The molecule has 0 bridgehead atoms. The first-order valence-corrected chi connectivity index (χ1v) is 6.21. The van der Waals surface area contributed by atoms with Crippen LogP contribution in [0.15, 0.2) is 4.42 Å². The van der Waals surface area contributed by atoms with Gasteiger partial charge in [0, 0.05) is 19.6 Å². The summed E-state index contributed by atoms with van der Waals surface area (Å²) < 4.78 is 52.7. The number of oxazole rings is 1. The highest BCUT2D eigenvalue weighted by Crippen LogP contribution is 2.32. The average Bonchev–Trinajstić information content (AvgIpc) is 2.79. The largest absolute Gasteiger partial charge is 0.460 e. The summed E-state index contributed by atoms with van der Waals surface area (Å²) in [6, 6.07) is 0. The summed E-state index contributed by atoms with van der Waals surface area (Å²) in [5, 5.41) is 0. The second-order valence-electron chi connectivity index (χ2n) is 3.80. The molecule has 0 saturated heterocycles. The maximum atomic E-state index is 12.8. The number of nitrogens with zero attached hydrogens (tertiary/aromatic N) is 1. The van der Waals surface area contributed by atoms with Gasteiger partial charge in [-0.1, -0.05) is 0 Å². The Hall–Kier alpha value is -1.57.